The minimum atomic E-state index is -3.62. The molecule has 0 aliphatic carbocycles. The van der Waals surface area contributed by atoms with E-state index in [1.54, 1.807) is 31.2 Å². The van der Waals surface area contributed by atoms with Crippen LogP contribution >= 0.6 is 0 Å². The van der Waals surface area contributed by atoms with Gasteiger partial charge in [-0.25, -0.2) is 17.5 Å². The van der Waals surface area contributed by atoms with E-state index >= 15 is 0 Å². The smallest absolute Gasteiger partial charge is 0.241 e. The average Bonchev–Trinajstić information content (AvgIpc) is 2.54. The molecular weight excluding hydrogens is 315 g/mol. The molecule has 122 valence electrons. The van der Waals surface area contributed by atoms with Gasteiger partial charge in [-0.15, -0.1) is 0 Å². The van der Waals surface area contributed by atoms with Crippen molar-refractivity contribution in [1.29, 1.82) is 0 Å². The molecular formula is C17H19FN2O2S. The van der Waals surface area contributed by atoms with Gasteiger partial charge in [0.25, 0.3) is 0 Å². The third-order valence-corrected chi connectivity index (χ3v) is 5.61. The summed E-state index contributed by atoms with van der Waals surface area (Å²) in [7, 11) is -3.62. The van der Waals surface area contributed by atoms with Crippen LogP contribution in [0, 0.1) is 5.82 Å². The number of nitrogens with one attached hydrogen (secondary N) is 2. The molecule has 1 atom stereocenters. The van der Waals surface area contributed by atoms with E-state index in [0.717, 1.165) is 24.1 Å². The van der Waals surface area contributed by atoms with Crippen molar-refractivity contribution in [1.82, 2.24) is 10.0 Å². The standard InChI is InChI=1S/C17H19FN2O2S/c1-12(13-2-5-16(18)6-3-13)20-23(21,22)17-7-4-14-8-9-19-11-15(14)10-17/h2-7,10,12,19-20H,8-9,11H2,1H3/t12-/m0/s1. The molecule has 0 radical (unpaired) electrons. The van der Waals surface area contributed by atoms with Crippen molar-refractivity contribution in [2.45, 2.75) is 30.8 Å². The number of hydrogen-bond acceptors (Lipinski definition) is 3. The van der Waals surface area contributed by atoms with Crippen LogP contribution in [0.2, 0.25) is 0 Å². The first kappa shape index (κ1) is 16.1. The molecule has 2 N–H and O–H groups in total. The maximum Gasteiger partial charge on any atom is 0.241 e. The molecule has 1 aliphatic heterocycles. The predicted molar refractivity (Wildman–Crippen MR) is 87.0 cm³/mol. The quantitative estimate of drug-likeness (QED) is 0.903. The SMILES string of the molecule is C[C@H](NS(=O)(=O)c1ccc2c(c1)CNCC2)c1ccc(F)cc1. The fraction of sp³-hybridized carbons (Fsp3) is 0.294. The van der Waals surface area contributed by atoms with Crippen molar-refractivity contribution in [2.24, 2.45) is 0 Å². The molecule has 6 heteroatoms. The lowest BCUT2D eigenvalue weighted by atomic mass is 10.0. The highest BCUT2D eigenvalue weighted by molar-refractivity contribution is 7.89. The minimum Gasteiger partial charge on any atom is -0.312 e. The third kappa shape index (κ3) is 3.60. The van der Waals surface area contributed by atoms with E-state index in [-0.39, 0.29) is 10.7 Å². The molecule has 2 aromatic rings. The third-order valence-electron chi connectivity index (χ3n) is 4.08. The Bertz CT molecular complexity index is 804. The number of fused-ring (bicyclic) bond motifs is 1. The summed E-state index contributed by atoms with van der Waals surface area (Å²) >= 11 is 0. The van der Waals surface area contributed by atoms with Crippen LogP contribution in [0.25, 0.3) is 0 Å². The summed E-state index contributed by atoms with van der Waals surface area (Å²) in [6, 6.07) is 10.6. The van der Waals surface area contributed by atoms with E-state index in [0.29, 0.717) is 6.54 Å². The Kier molecular flexibility index (Phi) is 4.48. The minimum absolute atomic E-state index is 0.258. The van der Waals surface area contributed by atoms with E-state index < -0.39 is 16.1 Å². The molecule has 4 nitrogen and oxygen atoms in total. The van der Waals surface area contributed by atoms with E-state index in [2.05, 4.69) is 10.0 Å². The average molecular weight is 334 g/mol. The van der Waals surface area contributed by atoms with Gasteiger partial charge in [0.2, 0.25) is 10.0 Å². The second-order valence-electron chi connectivity index (χ2n) is 5.75. The first-order valence-electron chi connectivity index (χ1n) is 7.56. The number of sulfonamides is 1. The van der Waals surface area contributed by atoms with Gasteiger partial charge in [0.05, 0.1) is 4.90 Å². The van der Waals surface area contributed by atoms with Crippen LogP contribution in [0.1, 0.15) is 29.7 Å². The fourth-order valence-corrected chi connectivity index (χ4v) is 4.03. The number of benzene rings is 2. The summed E-state index contributed by atoms with van der Waals surface area (Å²) in [6.07, 6.45) is 0.912. The summed E-state index contributed by atoms with van der Waals surface area (Å²) < 4.78 is 40.7. The Labute approximate surface area is 135 Å². The Morgan fingerprint density at radius 3 is 2.61 bits per heavy atom. The second-order valence-corrected chi connectivity index (χ2v) is 7.47. The van der Waals surface area contributed by atoms with Gasteiger partial charge in [-0.3, -0.25) is 0 Å². The molecule has 23 heavy (non-hydrogen) atoms. The molecule has 0 bridgehead atoms. The molecule has 2 aromatic carbocycles. The highest BCUT2D eigenvalue weighted by atomic mass is 32.2. The second kappa shape index (κ2) is 6.39. The highest BCUT2D eigenvalue weighted by Crippen LogP contribution is 2.21. The summed E-state index contributed by atoms with van der Waals surface area (Å²) in [5, 5.41) is 3.24. The zero-order valence-electron chi connectivity index (χ0n) is 12.8. The van der Waals surface area contributed by atoms with Crippen LogP contribution in [0.4, 0.5) is 4.39 Å². The maximum absolute atomic E-state index is 13.0. The van der Waals surface area contributed by atoms with Gasteiger partial charge in [0.15, 0.2) is 0 Å². The zero-order chi connectivity index (χ0) is 16.4. The monoisotopic (exact) mass is 334 g/mol. The van der Waals surface area contributed by atoms with E-state index in [1.165, 1.54) is 17.7 Å². The molecule has 0 amide bonds. The molecule has 1 heterocycles. The van der Waals surface area contributed by atoms with Crippen molar-refractivity contribution in [2.75, 3.05) is 6.54 Å². The van der Waals surface area contributed by atoms with E-state index in [4.69, 9.17) is 0 Å². The van der Waals surface area contributed by atoms with Crippen LogP contribution in [0.5, 0.6) is 0 Å². The summed E-state index contributed by atoms with van der Waals surface area (Å²) in [6.45, 7) is 3.34. The highest BCUT2D eigenvalue weighted by Gasteiger charge is 2.20. The normalized spacial score (nSPS) is 15.9. The zero-order valence-corrected chi connectivity index (χ0v) is 13.7. The van der Waals surface area contributed by atoms with E-state index in [9.17, 15) is 12.8 Å². The number of halogens is 1. The molecule has 0 unspecified atom stereocenters. The molecule has 1 aliphatic rings. The van der Waals surface area contributed by atoms with Gasteiger partial charge in [0.1, 0.15) is 5.82 Å². The van der Waals surface area contributed by atoms with Crippen molar-refractivity contribution < 1.29 is 12.8 Å². The molecule has 0 fully saturated rings. The van der Waals surface area contributed by atoms with Gasteiger partial charge in [-0.05, 0) is 60.8 Å². The Hall–Kier alpha value is -1.76. The van der Waals surface area contributed by atoms with Gasteiger partial charge in [-0.1, -0.05) is 18.2 Å². The number of hydrogen-bond donors (Lipinski definition) is 2. The summed E-state index contributed by atoms with van der Waals surface area (Å²) in [4.78, 5) is 0.258. The largest absolute Gasteiger partial charge is 0.312 e. The molecule has 0 aromatic heterocycles. The topological polar surface area (TPSA) is 58.2 Å². The lowest BCUT2D eigenvalue weighted by Gasteiger charge is -2.19. The number of rotatable bonds is 4. The van der Waals surface area contributed by atoms with Crippen LogP contribution in [0.3, 0.4) is 0 Å². The molecule has 0 saturated carbocycles. The van der Waals surface area contributed by atoms with Gasteiger partial charge in [0, 0.05) is 12.6 Å². The first-order valence-corrected chi connectivity index (χ1v) is 9.04. The van der Waals surface area contributed by atoms with Gasteiger partial charge < -0.3 is 5.32 Å². The van der Waals surface area contributed by atoms with Crippen molar-refractivity contribution in [3.05, 3.63) is 65.0 Å². The van der Waals surface area contributed by atoms with Gasteiger partial charge in [-0.2, -0.15) is 0 Å². The van der Waals surface area contributed by atoms with Gasteiger partial charge >= 0.3 is 0 Å². The van der Waals surface area contributed by atoms with E-state index in [1.807, 2.05) is 6.07 Å². The van der Waals surface area contributed by atoms with Crippen molar-refractivity contribution >= 4 is 10.0 Å². The predicted octanol–water partition coefficient (Wildman–Crippen LogP) is 2.51. The van der Waals surface area contributed by atoms with Crippen LogP contribution in [-0.4, -0.2) is 15.0 Å². The van der Waals surface area contributed by atoms with Crippen molar-refractivity contribution in [3.8, 4) is 0 Å². The summed E-state index contributed by atoms with van der Waals surface area (Å²) in [5.41, 5.74) is 2.93. The van der Waals surface area contributed by atoms with Crippen LogP contribution in [0.15, 0.2) is 47.4 Å². The van der Waals surface area contributed by atoms with Crippen molar-refractivity contribution in [3.63, 3.8) is 0 Å². The maximum atomic E-state index is 13.0. The molecule has 3 rings (SSSR count). The summed E-state index contributed by atoms with van der Waals surface area (Å²) in [5.74, 6) is -0.342. The Morgan fingerprint density at radius 1 is 1.13 bits per heavy atom. The lowest BCUT2D eigenvalue weighted by Crippen LogP contribution is -2.28. The Balaban J connectivity index is 1.82. The molecule has 0 saturated heterocycles. The first-order chi connectivity index (χ1) is 11.0. The Morgan fingerprint density at radius 2 is 1.87 bits per heavy atom. The molecule has 0 spiro atoms. The van der Waals surface area contributed by atoms with Crippen LogP contribution in [-0.2, 0) is 23.0 Å². The fourth-order valence-electron chi connectivity index (χ4n) is 2.74. The lowest BCUT2D eigenvalue weighted by molar-refractivity contribution is 0.565. The van der Waals surface area contributed by atoms with Crippen LogP contribution < -0.4 is 10.0 Å².